The van der Waals surface area contributed by atoms with Crippen LogP contribution in [-0.2, 0) is 17.8 Å². The molecule has 2 heteroatoms. The van der Waals surface area contributed by atoms with Gasteiger partial charge in [-0.25, -0.2) is 0 Å². The van der Waals surface area contributed by atoms with E-state index in [9.17, 15) is 0 Å². The highest BCUT2D eigenvalue weighted by atomic mass is 16.5. The summed E-state index contributed by atoms with van der Waals surface area (Å²) >= 11 is 0. The van der Waals surface area contributed by atoms with Crippen molar-refractivity contribution < 1.29 is 4.74 Å². The molecule has 0 radical (unpaired) electrons. The van der Waals surface area contributed by atoms with E-state index in [0.717, 1.165) is 17.7 Å². The number of hydrogen-bond donors (Lipinski definition) is 1. The highest BCUT2D eigenvalue weighted by molar-refractivity contribution is 5.46. The molecule has 0 aliphatic heterocycles. The van der Waals surface area contributed by atoms with Crippen molar-refractivity contribution in [1.82, 2.24) is 0 Å². The number of para-hydroxylation sites is 1. The molecule has 0 aliphatic carbocycles. The Bertz CT molecular complexity index is 508. The van der Waals surface area contributed by atoms with Crippen molar-refractivity contribution >= 4 is 5.69 Å². The lowest BCUT2D eigenvalue weighted by Gasteiger charge is -2.07. The Hall–Kier alpha value is -1.80. The molecule has 2 rings (SSSR count). The molecule has 0 bridgehead atoms. The Morgan fingerprint density at radius 1 is 1.06 bits per heavy atom. The van der Waals surface area contributed by atoms with Gasteiger partial charge in [0.25, 0.3) is 0 Å². The Labute approximate surface area is 108 Å². The van der Waals surface area contributed by atoms with Gasteiger partial charge >= 0.3 is 0 Å². The summed E-state index contributed by atoms with van der Waals surface area (Å²) in [6.45, 7) is 3.45. The lowest BCUT2D eigenvalue weighted by Crippen LogP contribution is -2.01. The molecular formula is C16H19NO. The van der Waals surface area contributed by atoms with Crippen LogP contribution in [0.4, 0.5) is 5.69 Å². The van der Waals surface area contributed by atoms with Gasteiger partial charge < -0.3 is 10.5 Å². The summed E-state index contributed by atoms with van der Waals surface area (Å²) in [6.07, 6.45) is 0.860. The molecule has 0 unspecified atom stereocenters. The lowest BCUT2D eigenvalue weighted by molar-refractivity contribution is 0.124. The normalized spacial score (nSPS) is 10.5. The van der Waals surface area contributed by atoms with Crippen molar-refractivity contribution in [2.45, 2.75) is 20.0 Å². The van der Waals surface area contributed by atoms with Crippen LogP contribution in [0.3, 0.4) is 0 Å². The standard InChI is InChI=1S/C16H19NO/c1-13-5-4-6-14(11-13)12-18-10-9-15-7-2-3-8-16(15)17/h2-8,11H,9-10,12,17H2,1H3. The third kappa shape index (κ3) is 3.60. The SMILES string of the molecule is Cc1cccc(COCCc2ccccc2N)c1. The Morgan fingerprint density at radius 2 is 1.89 bits per heavy atom. The van der Waals surface area contributed by atoms with Crippen molar-refractivity contribution in [1.29, 1.82) is 0 Å². The van der Waals surface area contributed by atoms with E-state index in [1.165, 1.54) is 11.1 Å². The van der Waals surface area contributed by atoms with Gasteiger partial charge in [0, 0.05) is 5.69 Å². The van der Waals surface area contributed by atoms with Gasteiger partial charge in [0.1, 0.15) is 0 Å². The van der Waals surface area contributed by atoms with Gasteiger partial charge in [-0.15, -0.1) is 0 Å². The van der Waals surface area contributed by atoms with E-state index in [-0.39, 0.29) is 0 Å². The molecule has 0 heterocycles. The predicted molar refractivity (Wildman–Crippen MR) is 75.4 cm³/mol. The van der Waals surface area contributed by atoms with Crippen LogP contribution < -0.4 is 5.73 Å². The topological polar surface area (TPSA) is 35.2 Å². The first-order chi connectivity index (χ1) is 8.75. The van der Waals surface area contributed by atoms with E-state index >= 15 is 0 Å². The Morgan fingerprint density at radius 3 is 2.67 bits per heavy atom. The van der Waals surface area contributed by atoms with Gasteiger partial charge in [-0.2, -0.15) is 0 Å². The average Bonchev–Trinajstić information content (AvgIpc) is 2.37. The zero-order chi connectivity index (χ0) is 12.8. The second kappa shape index (κ2) is 6.22. The molecule has 94 valence electrons. The van der Waals surface area contributed by atoms with Crippen molar-refractivity contribution in [3.8, 4) is 0 Å². The molecule has 0 atom stereocenters. The molecule has 0 spiro atoms. The minimum absolute atomic E-state index is 0.661. The van der Waals surface area contributed by atoms with Gasteiger partial charge in [-0.05, 0) is 30.5 Å². The molecule has 2 nitrogen and oxygen atoms in total. The minimum atomic E-state index is 0.661. The van der Waals surface area contributed by atoms with Crippen LogP contribution in [0, 0.1) is 6.92 Å². The fraction of sp³-hybridized carbons (Fsp3) is 0.250. The monoisotopic (exact) mass is 241 g/mol. The van der Waals surface area contributed by atoms with Gasteiger partial charge in [0.15, 0.2) is 0 Å². The van der Waals surface area contributed by atoms with Crippen LogP contribution >= 0.6 is 0 Å². The van der Waals surface area contributed by atoms with Crippen LogP contribution in [0.15, 0.2) is 48.5 Å². The molecule has 2 N–H and O–H groups in total. The molecule has 0 amide bonds. The van der Waals surface area contributed by atoms with E-state index in [4.69, 9.17) is 10.5 Å². The zero-order valence-corrected chi connectivity index (χ0v) is 10.7. The highest BCUT2D eigenvalue weighted by Gasteiger charge is 1.98. The third-order valence-corrected chi connectivity index (χ3v) is 2.92. The van der Waals surface area contributed by atoms with Gasteiger partial charge in [-0.3, -0.25) is 0 Å². The zero-order valence-electron chi connectivity index (χ0n) is 10.7. The number of nitrogens with two attached hydrogens (primary N) is 1. The maximum absolute atomic E-state index is 5.88. The first-order valence-electron chi connectivity index (χ1n) is 6.22. The molecule has 2 aromatic carbocycles. The van der Waals surface area contributed by atoms with Crippen LogP contribution in [0.2, 0.25) is 0 Å². The lowest BCUT2D eigenvalue weighted by atomic mass is 10.1. The molecule has 18 heavy (non-hydrogen) atoms. The Kier molecular flexibility index (Phi) is 4.37. The number of hydrogen-bond acceptors (Lipinski definition) is 2. The van der Waals surface area contributed by atoms with Crippen molar-refractivity contribution in [3.63, 3.8) is 0 Å². The number of ether oxygens (including phenoxy) is 1. The average molecular weight is 241 g/mol. The summed E-state index contributed by atoms with van der Waals surface area (Å²) in [5, 5.41) is 0. The van der Waals surface area contributed by atoms with Gasteiger partial charge in [0.05, 0.1) is 13.2 Å². The second-order valence-electron chi connectivity index (χ2n) is 4.49. The quantitative estimate of drug-likeness (QED) is 0.643. The Balaban J connectivity index is 1.78. The van der Waals surface area contributed by atoms with E-state index in [1.54, 1.807) is 0 Å². The molecule has 0 saturated carbocycles. The van der Waals surface area contributed by atoms with Crippen molar-refractivity contribution in [2.24, 2.45) is 0 Å². The van der Waals surface area contributed by atoms with Crippen LogP contribution in [0.25, 0.3) is 0 Å². The van der Waals surface area contributed by atoms with Crippen molar-refractivity contribution in [3.05, 3.63) is 65.2 Å². The summed E-state index contributed by atoms with van der Waals surface area (Å²) in [4.78, 5) is 0. The fourth-order valence-corrected chi connectivity index (χ4v) is 1.94. The maximum atomic E-state index is 5.88. The summed E-state index contributed by atoms with van der Waals surface area (Å²) in [7, 11) is 0. The van der Waals surface area contributed by atoms with E-state index in [2.05, 4.69) is 31.2 Å². The van der Waals surface area contributed by atoms with E-state index in [1.807, 2.05) is 24.3 Å². The van der Waals surface area contributed by atoms with Crippen LogP contribution in [0.1, 0.15) is 16.7 Å². The summed E-state index contributed by atoms with van der Waals surface area (Å²) in [5.41, 5.74) is 10.4. The van der Waals surface area contributed by atoms with E-state index < -0.39 is 0 Å². The first kappa shape index (κ1) is 12.7. The second-order valence-corrected chi connectivity index (χ2v) is 4.49. The minimum Gasteiger partial charge on any atom is -0.399 e. The molecule has 0 saturated heterocycles. The number of aryl methyl sites for hydroxylation is 1. The molecular weight excluding hydrogens is 222 g/mol. The molecule has 0 aromatic heterocycles. The van der Waals surface area contributed by atoms with Crippen LogP contribution in [0.5, 0.6) is 0 Å². The number of nitrogen functional groups attached to an aromatic ring is 1. The summed E-state index contributed by atoms with van der Waals surface area (Å²) in [6, 6.07) is 16.3. The largest absolute Gasteiger partial charge is 0.399 e. The number of anilines is 1. The summed E-state index contributed by atoms with van der Waals surface area (Å²) < 4.78 is 5.68. The van der Waals surface area contributed by atoms with Gasteiger partial charge in [-0.1, -0.05) is 48.0 Å². The molecule has 0 aliphatic rings. The van der Waals surface area contributed by atoms with E-state index in [0.29, 0.717) is 13.2 Å². The number of benzene rings is 2. The summed E-state index contributed by atoms with van der Waals surface area (Å²) in [5.74, 6) is 0. The van der Waals surface area contributed by atoms with Gasteiger partial charge in [0.2, 0.25) is 0 Å². The maximum Gasteiger partial charge on any atom is 0.0717 e. The predicted octanol–water partition coefficient (Wildman–Crippen LogP) is 3.34. The molecule has 0 fully saturated rings. The number of rotatable bonds is 5. The third-order valence-electron chi connectivity index (χ3n) is 2.92. The smallest absolute Gasteiger partial charge is 0.0717 e. The molecule has 2 aromatic rings. The van der Waals surface area contributed by atoms with Crippen molar-refractivity contribution in [2.75, 3.05) is 12.3 Å². The first-order valence-corrected chi connectivity index (χ1v) is 6.22. The highest BCUT2D eigenvalue weighted by Crippen LogP contribution is 2.11. The fourth-order valence-electron chi connectivity index (χ4n) is 1.94. The van der Waals surface area contributed by atoms with Crippen LogP contribution in [-0.4, -0.2) is 6.61 Å².